The van der Waals surface area contributed by atoms with Gasteiger partial charge in [-0.1, -0.05) is 29.8 Å². The molecule has 1 saturated heterocycles. The Morgan fingerprint density at radius 1 is 1.20 bits per heavy atom. The van der Waals surface area contributed by atoms with Crippen molar-refractivity contribution in [2.24, 2.45) is 0 Å². The van der Waals surface area contributed by atoms with Gasteiger partial charge in [0.1, 0.15) is 24.2 Å². The highest BCUT2D eigenvalue weighted by molar-refractivity contribution is 6.30. The molecule has 1 aromatic heterocycles. The monoisotopic (exact) mass is 428 g/mol. The van der Waals surface area contributed by atoms with E-state index in [1.165, 1.54) is 5.56 Å². The van der Waals surface area contributed by atoms with Crippen LogP contribution in [-0.2, 0) is 22.4 Å². The Hall–Kier alpha value is -2.54. The number of aromatic nitrogens is 2. The van der Waals surface area contributed by atoms with E-state index in [0.29, 0.717) is 31.2 Å². The Kier molecular flexibility index (Phi) is 6.57. The molecule has 2 heterocycles. The third-order valence-corrected chi connectivity index (χ3v) is 5.32. The normalized spacial score (nSPS) is 20.9. The van der Waals surface area contributed by atoms with Crippen LogP contribution in [0.2, 0.25) is 5.02 Å². The van der Waals surface area contributed by atoms with Gasteiger partial charge in [0.25, 0.3) is 0 Å². The Bertz CT molecular complexity index is 933. The fraction of sp³-hybridized carbons (Fsp3) is 0.348. The summed E-state index contributed by atoms with van der Waals surface area (Å²) in [6.07, 6.45) is 6.82. The molecule has 2 aromatic carbocycles. The van der Waals surface area contributed by atoms with Gasteiger partial charge in [0, 0.05) is 23.8 Å². The predicted molar refractivity (Wildman–Crippen MR) is 114 cm³/mol. The van der Waals surface area contributed by atoms with E-state index in [4.69, 9.17) is 30.5 Å². The van der Waals surface area contributed by atoms with Crippen molar-refractivity contribution in [1.82, 2.24) is 9.55 Å². The molecule has 2 unspecified atom stereocenters. The third kappa shape index (κ3) is 5.33. The van der Waals surface area contributed by atoms with Crippen molar-refractivity contribution in [3.05, 3.63) is 77.8 Å². The first kappa shape index (κ1) is 20.7. The molecule has 4 rings (SSSR count). The quantitative estimate of drug-likeness (QED) is 0.506. The molecular weight excluding hydrogens is 404 g/mol. The summed E-state index contributed by atoms with van der Waals surface area (Å²) in [6.45, 7) is 1.43. The topological polar surface area (TPSA) is 54.7 Å². The van der Waals surface area contributed by atoms with E-state index in [1.807, 2.05) is 41.1 Å². The van der Waals surface area contributed by atoms with E-state index in [2.05, 4.69) is 17.1 Å². The second-order valence-electron chi connectivity index (χ2n) is 7.31. The van der Waals surface area contributed by atoms with Crippen LogP contribution >= 0.6 is 11.6 Å². The summed E-state index contributed by atoms with van der Waals surface area (Å²) < 4.78 is 25.7. The van der Waals surface area contributed by atoms with Crippen LogP contribution in [0.25, 0.3) is 0 Å². The van der Waals surface area contributed by atoms with Crippen molar-refractivity contribution in [3.63, 3.8) is 0 Å². The molecule has 6 nitrogen and oxygen atoms in total. The zero-order valence-electron chi connectivity index (χ0n) is 16.9. The molecule has 0 aliphatic carbocycles. The Morgan fingerprint density at radius 2 is 2.07 bits per heavy atom. The van der Waals surface area contributed by atoms with Crippen LogP contribution < -0.4 is 9.47 Å². The van der Waals surface area contributed by atoms with Gasteiger partial charge in [-0.2, -0.15) is 0 Å². The van der Waals surface area contributed by atoms with Gasteiger partial charge in [0.15, 0.2) is 5.79 Å². The number of nitrogens with zero attached hydrogens (tertiary/aromatic N) is 2. The number of ether oxygens (including phenoxy) is 4. The molecule has 0 N–H and O–H groups in total. The molecule has 0 radical (unpaired) electrons. The zero-order valence-corrected chi connectivity index (χ0v) is 17.6. The van der Waals surface area contributed by atoms with E-state index < -0.39 is 5.79 Å². The van der Waals surface area contributed by atoms with Crippen molar-refractivity contribution in [2.75, 3.05) is 20.3 Å². The molecule has 0 amide bonds. The van der Waals surface area contributed by atoms with Gasteiger partial charge in [-0.25, -0.2) is 4.98 Å². The summed E-state index contributed by atoms with van der Waals surface area (Å²) in [6, 6.07) is 15.4. The third-order valence-electron chi connectivity index (χ3n) is 5.08. The fourth-order valence-corrected chi connectivity index (χ4v) is 3.70. The summed E-state index contributed by atoms with van der Waals surface area (Å²) in [7, 11) is 1.67. The van der Waals surface area contributed by atoms with Crippen LogP contribution in [0.3, 0.4) is 0 Å². The van der Waals surface area contributed by atoms with E-state index in [9.17, 15) is 0 Å². The largest absolute Gasteiger partial charge is 0.497 e. The molecular formula is C23H25ClN2O4. The maximum atomic E-state index is 6.39. The van der Waals surface area contributed by atoms with Gasteiger partial charge in [-0.3, -0.25) is 0 Å². The second kappa shape index (κ2) is 9.51. The van der Waals surface area contributed by atoms with Gasteiger partial charge in [-0.15, -0.1) is 0 Å². The molecule has 3 aromatic rings. The summed E-state index contributed by atoms with van der Waals surface area (Å²) in [4.78, 5) is 4.14. The van der Waals surface area contributed by atoms with Crippen LogP contribution in [-0.4, -0.2) is 41.8 Å². The maximum Gasteiger partial charge on any atom is 0.187 e. The Morgan fingerprint density at radius 3 is 2.80 bits per heavy atom. The van der Waals surface area contributed by atoms with Gasteiger partial charge in [0.05, 0.1) is 26.6 Å². The van der Waals surface area contributed by atoms with Crippen LogP contribution in [0.4, 0.5) is 0 Å². The summed E-state index contributed by atoms with van der Waals surface area (Å²) in [5, 5.41) is 0.644. The van der Waals surface area contributed by atoms with Crippen LogP contribution in [0.1, 0.15) is 12.0 Å². The Labute approximate surface area is 181 Å². The predicted octanol–water partition coefficient (Wildman–Crippen LogP) is 4.37. The van der Waals surface area contributed by atoms with E-state index in [0.717, 1.165) is 17.9 Å². The lowest BCUT2D eigenvalue weighted by molar-refractivity contribution is -0.184. The minimum atomic E-state index is -0.733. The lowest BCUT2D eigenvalue weighted by atomic mass is 10.0. The molecule has 0 bridgehead atoms. The number of methoxy groups -OCH3 is 1. The number of hydrogen-bond acceptors (Lipinski definition) is 5. The zero-order chi connectivity index (χ0) is 20.8. The van der Waals surface area contributed by atoms with E-state index in [1.54, 1.807) is 25.7 Å². The van der Waals surface area contributed by atoms with Crippen molar-refractivity contribution in [2.45, 2.75) is 31.3 Å². The lowest BCUT2D eigenvalue weighted by Crippen LogP contribution is -2.37. The minimum Gasteiger partial charge on any atom is -0.497 e. The summed E-state index contributed by atoms with van der Waals surface area (Å²) >= 11 is 6.03. The average molecular weight is 429 g/mol. The smallest absolute Gasteiger partial charge is 0.187 e. The van der Waals surface area contributed by atoms with Crippen LogP contribution in [0.15, 0.2) is 67.3 Å². The molecule has 1 aliphatic rings. The van der Waals surface area contributed by atoms with Crippen molar-refractivity contribution < 1.29 is 18.9 Å². The molecule has 0 spiro atoms. The number of hydrogen-bond donors (Lipinski definition) is 0. The molecule has 0 saturated carbocycles. The first-order valence-corrected chi connectivity index (χ1v) is 10.3. The van der Waals surface area contributed by atoms with Crippen molar-refractivity contribution in [1.29, 1.82) is 0 Å². The lowest BCUT2D eigenvalue weighted by Gasteiger charge is -2.28. The van der Waals surface area contributed by atoms with Gasteiger partial charge < -0.3 is 23.5 Å². The summed E-state index contributed by atoms with van der Waals surface area (Å²) in [5.74, 6) is 0.832. The van der Waals surface area contributed by atoms with E-state index in [-0.39, 0.29) is 6.10 Å². The van der Waals surface area contributed by atoms with Crippen molar-refractivity contribution in [3.8, 4) is 11.5 Å². The number of benzene rings is 2. The molecule has 158 valence electrons. The highest BCUT2D eigenvalue weighted by atomic mass is 35.5. The first-order valence-electron chi connectivity index (χ1n) is 9.93. The SMILES string of the molecule is COc1ccc(CCC2(Cn3ccnc3)OCC(COc3cccc(Cl)c3)O2)cc1. The van der Waals surface area contributed by atoms with Gasteiger partial charge in [-0.05, 0) is 42.3 Å². The van der Waals surface area contributed by atoms with Crippen molar-refractivity contribution >= 4 is 11.6 Å². The van der Waals surface area contributed by atoms with Gasteiger partial charge >= 0.3 is 0 Å². The first-order chi connectivity index (χ1) is 14.6. The number of rotatable bonds is 9. The highest BCUT2D eigenvalue weighted by Gasteiger charge is 2.42. The van der Waals surface area contributed by atoms with Gasteiger partial charge in [0.2, 0.25) is 0 Å². The Balaban J connectivity index is 1.40. The molecule has 1 aliphatic heterocycles. The molecule has 2 atom stereocenters. The molecule has 1 fully saturated rings. The number of imidazole rings is 1. The number of aryl methyl sites for hydroxylation is 1. The highest BCUT2D eigenvalue weighted by Crippen LogP contribution is 2.31. The van der Waals surface area contributed by atoms with Crippen LogP contribution in [0, 0.1) is 0 Å². The second-order valence-corrected chi connectivity index (χ2v) is 7.75. The average Bonchev–Trinajstić information content (AvgIpc) is 3.42. The summed E-state index contributed by atoms with van der Waals surface area (Å²) in [5.41, 5.74) is 1.20. The van der Waals surface area contributed by atoms with Crippen LogP contribution in [0.5, 0.6) is 11.5 Å². The standard InChI is InChI=1S/C23H25ClN2O4/c1-27-20-7-5-18(6-8-20)9-10-23(16-26-12-11-25-17-26)29-15-22(30-23)14-28-21-4-2-3-19(24)13-21/h2-8,11-13,17,22H,9-10,14-16H2,1H3. The molecule has 30 heavy (non-hydrogen) atoms. The maximum absolute atomic E-state index is 6.39. The fourth-order valence-electron chi connectivity index (χ4n) is 3.52. The minimum absolute atomic E-state index is 0.164. The van der Waals surface area contributed by atoms with E-state index >= 15 is 0 Å². The molecule has 7 heteroatoms. The number of halogens is 1.